The van der Waals surface area contributed by atoms with Crippen LogP contribution < -0.4 is 4.74 Å². The molecule has 0 aliphatic carbocycles. The van der Waals surface area contributed by atoms with Crippen molar-refractivity contribution in [2.24, 2.45) is 0 Å². The number of amides is 1. The van der Waals surface area contributed by atoms with Crippen LogP contribution in [0.1, 0.15) is 35.1 Å². The Hall–Kier alpha value is -3.81. The molecule has 5 rings (SSSR count). The number of carbonyl (C=O) groups is 1. The Morgan fingerprint density at radius 1 is 1.16 bits per heavy atom. The van der Waals surface area contributed by atoms with Crippen LogP contribution in [-0.4, -0.2) is 55.6 Å². The summed E-state index contributed by atoms with van der Waals surface area (Å²) in [6.45, 7) is 1.29. The summed E-state index contributed by atoms with van der Waals surface area (Å²) < 4.78 is 7.15. The SMILES string of the molecule is COc1cccc(-c2ccc3nc([C@H]4CCCN(C(=O)c5cnccn5)C4)nn3c2)c1. The zero-order chi connectivity index (χ0) is 21.2. The van der Waals surface area contributed by atoms with Crippen LogP contribution in [0.4, 0.5) is 0 Å². The molecule has 8 heteroatoms. The van der Waals surface area contributed by atoms with Crippen molar-refractivity contribution < 1.29 is 9.53 Å². The van der Waals surface area contributed by atoms with Crippen molar-refractivity contribution in [1.82, 2.24) is 29.5 Å². The number of likely N-dealkylation sites (tertiary alicyclic amines) is 1. The van der Waals surface area contributed by atoms with Gasteiger partial charge >= 0.3 is 0 Å². The number of nitrogens with zero attached hydrogens (tertiary/aromatic N) is 6. The molecule has 0 N–H and O–H groups in total. The maximum absolute atomic E-state index is 12.8. The number of piperidine rings is 1. The number of hydrogen-bond acceptors (Lipinski definition) is 6. The molecule has 0 unspecified atom stereocenters. The van der Waals surface area contributed by atoms with Crippen LogP contribution in [0.15, 0.2) is 61.2 Å². The Labute approximate surface area is 179 Å². The molecule has 1 aliphatic heterocycles. The maximum Gasteiger partial charge on any atom is 0.274 e. The number of benzene rings is 1. The number of rotatable bonds is 4. The molecule has 1 fully saturated rings. The summed E-state index contributed by atoms with van der Waals surface area (Å²) in [5.74, 6) is 1.57. The molecule has 1 aromatic carbocycles. The van der Waals surface area contributed by atoms with Crippen LogP contribution in [0.25, 0.3) is 16.8 Å². The molecule has 3 aromatic heterocycles. The van der Waals surface area contributed by atoms with E-state index in [1.165, 1.54) is 12.4 Å². The lowest BCUT2D eigenvalue weighted by Gasteiger charge is -2.31. The number of aromatic nitrogens is 5. The molecule has 0 radical (unpaired) electrons. The van der Waals surface area contributed by atoms with E-state index in [0.29, 0.717) is 18.8 Å². The van der Waals surface area contributed by atoms with Crippen LogP contribution in [0.2, 0.25) is 0 Å². The second-order valence-electron chi connectivity index (χ2n) is 7.60. The Bertz CT molecular complexity index is 1220. The van der Waals surface area contributed by atoms with Crippen LogP contribution in [0.3, 0.4) is 0 Å². The van der Waals surface area contributed by atoms with Crippen molar-refractivity contribution in [3.05, 3.63) is 72.7 Å². The van der Waals surface area contributed by atoms with Gasteiger partial charge in [-0.25, -0.2) is 14.5 Å². The summed E-state index contributed by atoms with van der Waals surface area (Å²) in [4.78, 5) is 27.5. The van der Waals surface area contributed by atoms with Crippen molar-refractivity contribution in [2.45, 2.75) is 18.8 Å². The summed E-state index contributed by atoms with van der Waals surface area (Å²) in [5.41, 5.74) is 3.25. The van der Waals surface area contributed by atoms with Crippen molar-refractivity contribution in [1.29, 1.82) is 0 Å². The van der Waals surface area contributed by atoms with Gasteiger partial charge in [-0.3, -0.25) is 9.78 Å². The number of carbonyl (C=O) groups excluding carboxylic acids is 1. The van der Waals surface area contributed by atoms with E-state index in [9.17, 15) is 4.79 Å². The van der Waals surface area contributed by atoms with E-state index in [4.69, 9.17) is 14.8 Å². The predicted molar refractivity (Wildman–Crippen MR) is 115 cm³/mol. The summed E-state index contributed by atoms with van der Waals surface area (Å²) in [6, 6.07) is 11.9. The molecule has 1 atom stereocenters. The zero-order valence-electron chi connectivity index (χ0n) is 17.2. The first kappa shape index (κ1) is 19.2. The smallest absolute Gasteiger partial charge is 0.274 e. The van der Waals surface area contributed by atoms with E-state index in [1.807, 2.05) is 52.0 Å². The zero-order valence-corrected chi connectivity index (χ0v) is 17.2. The van der Waals surface area contributed by atoms with Gasteiger partial charge in [0, 0.05) is 43.2 Å². The van der Waals surface area contributed by atoms with Gasteiger partial charge in [0.05, 0.1) is 13.3 Å². The largest absolute Gasteiger partial charge is 0.497 e. The lowest BCUT2D eigenvalue weighted by Crippen LogP contribution is -2.39. The Morgan fingerprint density at radius 2 is 2.10 bits per heavy atom. The minimum absolute atomic E-state index is 0.0922. The van der Waals surface area contributed by atoms with Gasteiger partial charge in [-0.1, -0.05) is 12.1 Å². The molecule has 156 valence electrons. The summed E-state index contributed by atoms with van der Waals surface area (Å²) in [7, 11) is 1.66. The minimum atomic E-state index is -0.0955. The minimum Gasteiger partial charge on any atom is -0.497 e. The molecule has 1 saturated heterocycles. The molecular weight excluding hydrogens is 392 g/mol. The molecule has 0 bridgehead atoms. The van der Waals surface area contributed by atoms with Crippen LogP contribution in [-0.2, 0) is 0 Å². The van der Waals surface area contributed by atoms with Gasteiger partial charge in [-0.2, -0.15) is 5.10 Å². The third-order valence-electron chi connectivity index (χ3n) is 5.61. The van der Waals surface area contributed by atoms with Crippen LogP contribution >= 0.6 is 0 Å². The highest BCUT2D eigenvalue weighted by Gasteiger charge is 2.28. The Balaban J connectivity index is 1.39. The third-order valence-corrected chi connectivity index (χ3v) is 5.61. The lowest BCUT2D eigenvalue weighted by molar-refractivity contribution is 0.0698. The Kier molecular flexibility index (Phi) is 5.03. The van der Waals surface area contributed by atoms with Gasteiger partial charge < -0.3 is 9.64 Å². The van der Waals surface area contributed by atoms with Gasteiger partial charge in [0.1, 0.15) is 11.4 Å². The van der Waals surface area contributed by atoms with Gasteiger partial charge in [0.25, 0.3) is 5.91 Å². The fourth-order valence-electron chi connectivity index (χ4n) is 3.99. The van der Waals surface area contributed by atoms with Crippen molar-refractivity contribution >= 4 is 11.6 Å². The number of pyridine rings is 1. The van der Waals surface area contributed by atoms with Crippen LogP contribution in [0.5, 0.6) is 5.75 Å². The average molecular weight is 414 g/mol. The highest BCUT2D eigenvalue weighted by Crippen LogP contribution is 2.27. The second-order valence-corrected chi connectivity index (χ2v) is 7.60. The number of ether oxygens (including phenoxy) is 1. The van der Waals surface area contributed by atoms with Crippen molar-refractivity contribution in [3.8, 4) is 16.9 Å². The first-order valence-electron chi connectivity index (χ1n) is 10.3. The van der Waals surface area contributed by atoms with Gasteiger partial charge in [-0.15, -0.1) is 0 Å². The maximum atomic E-state index is 12.8. The Morgan fingerprint density at radius 3 is 2.94 bits per heavy atom. The van der Waals surface area contributed by atoms with Gasteiger partial charge in [0.2, 0.25) is 0 Å². The highest BCUT2D eigenvalue weighted by molar-refractivity contribution is 5.92. The quantitative estimate of drug-likeness (QED) is 0.510. The van der Waals surface area contributed by atoms with E-state index in [2.05, 4.69) is 9.97 Å². The third kappa shape index (κ3) is 3.84. The van der Waals surface area contributed by atoms with E-state index in [-0.39, 0.29) is 11.8 Å². The average Bonchev–Trinajstić information content (AvgIpc) is 3.28. The van der Waals surface area contributed by atoms with Crippen molar-refractivity contribution in [2.75, 3.05) is 20.2 Å². The standard InChI is InChI=1S/C23H22N6O2/c1-31-19-6-2-4-16(12-19)17-7-8-21-26-22(27-29(21)15-17)18-5-3-11-28(14-18)23(30)20-13-24-9-10-25-20/h2,4,6-10,12-13,15,18H,3,5,11,14H2,1H3/t18-/m0/s1. The predicted octanol–water partition coefficient (Wildman–Crippen LogP) is 3.21. The normalized spacial score (nSPS) is 16.4. The van der Waals surface area contributed by atoms with E-state index in [0.717, 1.165) is 41.2 Å². The fourth-order valence-corrected chi connectivity index (χ4v) is 3.99. The van der Waals surface area contributed by atoms with E-state index < -0.39 is 0 Å². The first-order valence-corrected chi connectivity index (χ1v) is 10.3. The lowest BCUT2D eigenvalue weighted by atomic mass is 9.97. The molecule has 4 aromatic rings. The fraction of sp³-hybridized carbons (Fsp3) is 0.261. The topological polar surface area (TPSA) is 85.5 Å². The molecule has 8 nitrogen and oxygen atoms in total. The molecule has 0 saturated carbocycles. The highest BCUT2D eigenvalue weighted by atomic mass is 16.5. The number of hydrogen-bond donors (Lipinski definition) is 0. The monoisotopic (exact) mass is 414 g/mol. The van der Waals surface area contributed by atoms with Crippen LogP contribution in [0, 0.1) is 0 Å². The molecule has 4 heterocycles. The summed E-state index contributed by atoms with van der Waals surface area (Å²) in [6.07, 6.45) is 8.45. The molecule has 1 amide bonds. The first-order chi connectivity index (χ1) is 15.2. The van der Waals surface area contributed by atoms with Gasteiger partial charge in [0.15, 0.2) is 11.5 Å². The molecular formula is C23H22N6O2. The number of fused-ring (bicyclic) bond motifs is 1. The molecule has 0 spiro atoms. The molecule has 31 heavy (non-hydrogen) atoms. The molecule has 1 aliphatic rings. The summed E-state index contributed by atoms with van der Waals surface area (Å²) >= 11 is 0. The van der Waals surface area contributed by atoms with Crippen molar-refractivity contribution in [3.63, 3.8) is 0 Å². The summed E-state index contributed by atoms with van der Waals surface area (Å²) in [5, 5.41) is 4.74. The van der Waals surface area contributed by atoms with E-state index >= 15 is 0 Å². The number of methoxy groups -OCH3 is 1. The van der Waals surface area contributed by atoms with Gasteiger partial charge in [-0.05, 0) is 42.7 Å². The van der Waals surface area contributed by atoms with E-state index in [1.54, 1.807) is 13.3 Å². The second kappa shape index (κ2) is 8.14.